The van der Waals surface area contributed by atoms with Crippen LogP contribution in [0.25, 0.3) is 11.3 Å². The van der Waals surface area contributed by atoms with E-state index in [1.807, 2.05) is 30.3 Å². The van der Waals surface area contributed by atoms with E-state index in [1.54, 1.807) is 0 Å². The maximum absolute atomic E-state index is 12.7. The summed E-state index contributed by atoms with van der Waals surface area (Å²) in [5.41, 5.74) is 1.36. The van der Waals surface area contributed by atoms with Crippen molar-refractivity contribution in [1.29, 1.82) is 0 Å². The molecule has 0 aliphatic heterocycles. The second-order valence-electron chi connectivity index (χ2n) is 9.49. The maximum atomic E-state index is 12.7. The first-order valence-corrected chi connectivity index (χ1v) is 13.2. The van der Waals surface area contributed by atoms with Gasteiger partial charge in [-0.2, -0.15) is 4.98 Å². The molecule has 2 aromatic heterocycles. The lowest BCUT2D eigenvalue weighted by Gasteiger charge is -2.30. The van der Waals surface area contributed by atoms with Crippen molar-refractivity contribution in [3.8, 4) is 11.3 Å². The minimum Gasteiger partial charge on any atom is -0.343 e. The molecule has 4 rings (SSSR count). The first-order valence-electron chi connectivity index (χ1n) is 12.3. The van der Waals surface area contributed by atoms with Gasteiger partial charge in [-0.25, -0.2) is 4.98 Å². The number of carbonyl (C=O) groups is 2. The molecule has 1 fully saturated rings. The van der Waals surface area contributed by atoms with Crippen molar-refractivity contribution in [2.75, 3.05) is 5.32 Å². The van der Waals surface area contributed by atoms with E-state index in [-0.39, 0.29) is 18.2 Å². The van der Waals surface area contributed by atoms with Crippen molar-refractivity contribution in [2.45, 2.75) is 83.6 Å². The number of amides is 2. The molecule has 35 heavy (non-hydrogen) atoms. The summed E-state index contributed by atoms with van der Waals surface area (Å²) in [6.07, 6.45) is 6.37. The van der Waals surface area contributed by atoms with Crippen LogP contribution in [0.4, 0.5) is 5.13 Å². The Morgan fingerprint density at radius 3 is 2.46 bits per heavy atom. The van der Waals surface area contributed by atoms with Crippen LogP contribution in [0.2, 0.25) is 0 Å². The number of aromatic nitrogens is 3. The number of nitrogens with one attached hydrogen (secondary N) is 2. The average Bonchev–Trinajstić information content (AvgIpc) is 3.41. The molecule has 0 bridgehead atoms. The third-order valence-corrected chi connectivity index (χ3v) is 7.58. The van der Waals surface area contributed by atoms with Gasteiger partial charge in [0.25, 0.3) is 0 Å². The molecule has 0 spiro atoms. The Morgan fingerprint density at radius 1 is 1.09 bits per heavy atom. The molecule has 0 radical (unpaired) electrons. The number of rotatable bonds is 8. The van der Waals surface area contributed by atoms with Crippen molar-refractivity contribution >= 4 is 28.3 Å². The summed E-state index contributed by atoms with van der Waals surface area (Å²) in [7, 11) is 0. The van der Waals surface area contributed by atoms with Gasteiger partial charge in [0.15, 0.2) is 11.0 Å². The number of carbonyl (C=O) groups excluding carboxylic acids is 2. The van der Waals surface area contributed by atoms with Crippen LogP contribution < -0.4 is 10.6 Å². The van der Waals surface area contributed by atoms with Gasteiger partial charge in [-0.3, -0.25) is 9.59 Å². The van der Waals surface area contributed by atoms with E-state index in [2.05, 4.69) is 34.6 Å². The third-order valence-electron chi connectivity index (χ3n) is 6.31. The van der Waals surface area contributed by atoms with Gasteiger partial charge in [-0.15, -0.1) is 11.3 Å². The number of aryl methyl sites for hydroxylation is 1. The van der Waals surface area contributed by atoms with Crippen LogP contribution in [0.1, 0.15) is 88.2 Å². The number of hydrogen-bond donors (Lipinski definition) is 2. The molecule has 1 aliphatic carbocycles. The van der Waals surface area contributed by atoms with E-state index in [1.165, 1.54) is 18.3 Å². The minimum atomic E-state index is -0.589. The molecule has 0 atom stereocenters. The highest BCUT2D eigenvalue weighted by atomic mass is 32.1. The van der Waals surface area contributed by atoms with E-state index < -0.39 is 5.54 Å². The zero-order valence-corrected chi connectivity index (χ0v) is 21.4. The predicted molar refractivity (Wildman–Crippen MR) is 136 cm³/mol. The second-order valence-corrected chi connectivity index (χ2v) is 10.5. The van der Waals surface area contributed by atoms with Crippen LogP contribution in [-0.4, -0.2) is 26.9 Å². The molecule has 1 saturated carbocycles. The molecule has 2 N–H and O–H groups in total. The van der Waals surface area contributed by atoms with Gasteiger partial charge < -0.3 is 15.2 Å². The van der Waals surface area contributed by atoms with Crippen LogP contribution in [0.5, 0.6) is 0 Å². The van der Waals surface area contributed by atoms with Crippen LogP contribution in [0, 0.1) is 0 Å². The predicted octanol–water partition coefficient (Wildman–Crippen LogP) is 5.57. The standard InChI is InChI=1S/C26H33N5O3S/c1-17(2)23-22(19-11-7-6-8-12-19)29-25(35-23)27-20(33)13-14-21-28-24(31-34-21)26(30-18(3)32)15-9-4-5-10-16-26/h6-8,11-12,17H,4-5,9-10,13-16H2,1-3H3,(H,30,32)(H,27,29,33). The highest BCUT2D eigenvalue weighted by Crippen LogP contribution is 2.37. The first kappa shape index (κ1) is 25.0. The normalized spacial score (nSPS) is 15.5. The molecular weight excluding hydrogens is 462 g/mol. The Bertz CT molecular complexity index is 1150. The zero-order valence-electron chi connectivity index (χ0n) is 20.6. The lowest BCUT2D eigenvalue weighted by molar-refractivity contribution is -0.121. The maximum Gasteiger partial charge on any atom is 0.227 e. The summed E-state index contributed by atoms with van der Waals surface area (Å²) in [6.45, 7) is 5.77. The molecule has 186 valence electrons. The van der Waals surface area contributed by atoms with Crippen molar-refractivity contribution in [2.24, 2.45) is 0 Å². The van der Waals surface area contributed by atoms with Crippen LogP contribution in [0.3, 0.4) is 0 Å². The van der Waals surface area contributed by atoms with Crippen molar-refractivity contribution < 1.29 is 14.1 Å². The highest BCUT2D eigenvalue weighted by Gasteiger charge is 2.38. The number of nitrogens with zero attached hydrogens (tertiary/aromatic N) is 3. The summed E-state index contributed by atoms with van der Waals surface area (Å²) < 4.78 is 5.47. The Hall–Kier alpha value is -3.07. The lowest BCUT2D eigenvalue weighted by atomic mass is 9.89. The van der Waals surface area contributed by atoms with E-state index in [9.17, 15) is 9.59 Å². The summed E-state index contributed by atoms with van der Waals surface area (Å²) in [5.74, 6) is 0.955. The Balaban J connectivity index is 1.41. The van der Waals surface area contributed by atoms with Gasteiger partial charge in [0, 0.05) is 30.2 Å². The summed E-state index contributed by atoms with van der Waals surface area (Å²) in [4.78, 5) is 35.0. The fourth-order valence-corrected chi connectivity index (χ4v) is 5.61. The van der Waals surface area contributed by atoms with E-state index >= 15 is 0 Å². The van der Waals surface area contributed by atoms with Crippen LogP contribution in [0.15, 0.2) is 34.9 Å². The smallest absolute Gasteiger partial charge is 0.227 e. The van der Waals surface area contributed by atoms with Crippen molar-refractivity contribution in [1.82, 2.24) is 20.4 Å². The van der Waals surface area contributed by atoms with Gasteiger partial charge in [0.1, 0.15) is 5.54 Å². The molecular formula is C26H33N5O3S. The fourth-order valence-electron chi connectivity index (χ4n) is 4.61. The quantitative estimate of drug-likeness (QED) is 0.395. The van der Waals surface area contributed by atoms with Crippen molar-refractivity contribution in [3.05, 3.63) is 46.9 Å². The second kappa shape index (κ2) is 11.1. The molecule has 1 aliphatic rings. The van der Waals surface area contributed by atoms with E-state index in [4.69, 9.17) is 9.51 Å². The lowest BCUT2D eigenvalue weighted by Crippen LogP contribution is -2.45. The van der Waals surface area contributed by atoms with Crippen LogP contribution in [-0.2, 0) is 21.5 Å². The van der Waals surface area contributed by atoms with Gasteiger partial charge in [-0.05, 0) is 18.8 Å². The molecule has 1 aromatic carbocycles. The summed E-state index contributed by atoms with van der Waals surface area (Å²) in [6, 6.07) is 10.0. The van der Waals surface area contributed by atoms with Gasteiger partial charge >= 0.3 is 0 Å². The van der Waals surface area contributed by atoms with E-state index in [0.29, 0.717) is 29.2 Å². The molecule has 8 nitrogen and oxygen atoms in total. The topological polar surface area (TPSA) is 110 Å². The average molecular weight is 496 g/mol. The zero-order chi connectivity index (χ0) is 24.8. The Morgan fingerprint density at radius 2 is 1.80 bits per heavy atom. The van der Waals surface area contributed by atoms with Crippen LogP contribution >= 0.6 is 11.3 Å². The number of thiazole rings is 1. The minimum absolute atomic E-state index is 0.100. The number of anilines is 1. The van der Waals surface area contributed by atoms with E-state index in [0.717, 1.165) is 54.7 Å². The molecule has 2 amide bonds. The Labute approximate surface area is 209 Å². The summed E-state index contributed by atoms with van der Waals surface area (Å²) in [5, 5.41) is 10.8. The molecule has 3 aromatic rings. The monoisotopic (exact) mass is 495 g/mol. The van der Waals surface area contributed by atoms with Crippen molar-refractivity contribution in [3.63, 3.8) is 0 Å². The summed E-state index contributed by atoms with van der Waals surface area (Å²) >= 11 is 1.51. The largest absolute Gasteiger partial charge is 0.343 e. The molecule has 9 heteroatoms. The molecule has 0 saturated heterocycles. The number of hydrogen-bond acceptors (Lipinski definition) is 7. The van der Waals surface area contributed by atoms with Gasteiger partial charge in [0.2, 0.25) is 17.7 Å². The fraction of sp³-hybridized carbons (Fsp3) is 0.500. The highest BCUT2D eigenvalue weighted by molar-refractivity contribution is 7.16. The Kier molecular flexibility index (Phi) is 7.95. The number of benzene rings is 1. The first-order chi connectivity index (χ1) is 16.9. The van der Waals surface area contributed by atoms with Gasteiger partial charge in [-0.1, -0.05) is 75.0 Å². The SMILES string of the molecule is CC(=O)NC1(c2noc(CCC(=O)Nc3nc(-c4ccccc4)c(C(C)C)s3)n2)CCCCCC1. The molecule has 0 unspecified atom stereocenters. The third kappa shape index (κ3) is 6.14. The molecule has 2 heterocycles. The van der Waals surface area contributed by atoms with Gasteiger partial charge in [0.05, 0.1) is 5.69 Å².